The molecule has 96 valence electrons. The summed E-state index contributed by atoms with van der Waals surface area (Å²) in [6, 6.07) is 7.96. The van der Waals surface area contributed by atoms with Gasteiger partial charge in [0, 0.05) is 0 Å². The Balaban J connectivity index is 2.35. The molecular formula is C13H18F3N. The van der Waals surface area contributed by atoms with Crippen molar-refractivity contribution in [2.75, 3.05) is 13.1 Å². The van der Waals surface area contributed by atoms with Crippen LogP contribution in [0.25, 0.3) is 0 Å². The van der Waals surface area contributed by atoms with Crippen LogP contribution in [0.3, 0.4) is 0 Å². The summed E-state index contributed by atoms with van der Waals surface area (Å²) in [6.07, 6.45) is -3.32. The zero-order valence-corrected chi connectivity index (χ0v) is 10.1. The van der Waals surface area contributed by atoms with Crippen molar-refractivity contribution in [2.45, 2.75) is 26.4 Å². The lowest BCUT2D eigenvalue weighted by molar-refractivity contribution is -0.125. The molecule has 1 unspecified atom stereocenters. The second-order valence-electron chi connectivity index (χ2n) is 4.48. The molecule has 0 saturated heterocycles. The van der Waals surface area contributed by atoms with Crippen molar-refractivity contribution in [2.24, 2.45) is 5.92 Å². The summed E-state index contributed by atoms with van der Waals surface area (Å²) in [5.41, 5.74) is 2.39. The lowest BCUT2D eigenvalue weighted by Crippen LogP contribution is -2.32. The maximum Gasteiger partial charge on any atom is 0.401 e. The van der Waals surface area contributed by atoms with Gasteiger partial charge in [-0.25, -0.2) is 0 Å². The standard InChI is InChI=1S/C13H18F3N/c1-10(8-17-9-13(14,15)16)7-12-6-4-3-5-11(12)2/h3-6,10,17H,7-9H2,1-2H3. The highest BCUT2D eigenvalue weighted by Gasteiger charge is 2.26. The van der Waals surface area contributed by atoms with E-state index in [-0.39, 0.29) is 5.92 Å². The number of benzene rings is 1. The van der Waals surface area contributed by atoms with Gasteiger partial charge in [-0.3, -0.25) is 0 Å². The molecule has 0 spiro atoms. The average molecular weight is 245 g/mol. The fourth-order valence-corrected chi connectivity index (χ4v) is 1.75. The maximum absolute atomic E-state index is 11.9. The quantitative estimate of drug-likeness (QED) is 0.839. The summed E-state index contributed by atoms with van der Waals surface area (Å²) in [5.74, 6) is 0.193. The molecule has 0 aliphatic carbocycles. The van der Waals surface area contributed by atoms with Gasteiger partial charge in [-0.1, -0.05) is 31.2 Å². The molecule has 17 heavy (non-hydrogen) atoms. The first-order chi connectivity index (χ1) is 7.88. The Morgan fingerprint density at radius 3 is 2.47 bits per heavy atom. The topological polar surface area (TPSA) is 12.0 Å². The Kier molecular flexibility index (Phi) is 5.00. The first-order valence-electron chi connectivity index (χ1n) is 5.70. The van der Waals surface area contributed by atoms with E-state index in [0.717, 1.165) is 6.42 Å². The van der Waals surface area contributed by atoms with E-state index in [9.17, 15) is 13.2 Å². The molecule has 1 aromatic rings. The molecule has 0 heterocycles. The van der Waals surface area contributed by atoms with Gasteiger partial charge < -0.3 is 5.32 Å². The highest BCUT2D eigenvalue weighted by atomic mass is 19.4. The van der Waals surface area contributed by atoms with Crippen molar-refractivity contribution in [3.05, 3.63) is 35.4 Å². The fourth-order valence-electron chi connectivity index (χ4n) is 1.75. The molecular weight excluding hydrogens is 227 g/mol. The van der Waals surface area contributed by atoms with E-state index < -0.39 is 12.7 Å². The highest BCUT2D eigenvalue weighted by molar-refractivity contribution is 5.25. The summed E-state index contributed by atoms with van der Waals surface area (Å²) in [7, 11) is 0. The predicted molar refractivity (Wildman–Crippen MR) is 63.0 cm³/mol. The minimum Gasteiger partial charge on any atom is -0.308 e. The molecule has 1 rings (SSSR count). The summed E-state index contributed by atoms with van der Waals surface area (Å²) < 4.78 is 35.8. The van der Waals surface area contributed by atoms with Crippen LogP contribution >= 0.6 is 0 Å². The van der Waals surface area contributed by atoms with E-state index in [1.54, 1.807) is 0 Å². The zero-order valence-electron chi connectivity index (χ0n) is 10.1. The highest BCUT2D eigenvalue weighted by Crippen LogP contribution is 2.14. The van der Waals surface area contributed by atoms with Crippen molar-refractivity contribution in [1.29, 1.82) is 0 Å². The van der Waals surface area contributed by atoms with Crippen molar-refractivity contribution < 1.29 is 13.2 Å². The van der Waals surface area contributed by atoms with Crippen LogP contribution in [-0.2, 0) is 6.42 Å². The molecule has 0 saturated carbocycles. The summed E-state index contributed by atoms with van der Waals surface area (Å²) in [5, 5.41) is 2.44. The van der Waals surface area contributed by atoms with Crippen LogP contribution in [-0.4, -0.2) is 19.3 Å². The molecule has 0 radical (unpaired) electrons. The van der Waals surface area contributed by atoms with Crippen LogP contribution in [0.1, 0.15) is 18.1 Å². The number of hydrogen-bond acceptors (Lipinski definition) is 1. The van der Waals surface area contributed by atoms with Crippen molar-refractivity contribution in [1.82, 2.24) is 5.32 Å². The zero-order chi connectivity index (χ0) is 12.9. The number of alkyl halides is 3. The molecule has 0 bridgehead atoms. The van der Waals surface area contributed by atoms with Gasteiger partial charge in [0.15, 0.2) is 0 Å². The molecule has 1 atom stereocenters. The Bertz CT molecular complexity index is 347. The van der Waals surface area contributed by atoms with Crippen LogP contribution in [0.2, 0.25) is 0 Å². The van der Waals surface area contributed by atoms with E-state index in [2.05, 4.69) is 5.32 Å². The van der Waals surface area contributed by atoms with Crippen molar-refractivity contribution in [3.63, 3.8) is 0 Å². The molecule has 0 aliphatic heterocycles. The van der Waals surface area contributed by atoms with Gasteiger partial charge in [0.2, 0.25) is 0 Å². The van der Waals surface area contributed by atoms with Crippen LogP contribution in [0.4, 0.5) is 13.2 Å². The van der Waals surface area contributed by atoms with Gasteiger partial charge in [0.05, 0.1) is 6.54 Å². The smallest absolute Gasteiger partial charge is 0.308 e. The van der Waals surface area contributed by atoms with Gasteiger partial charge >= 0.3 is 6.18 Å². The van der Waals surface area contributed by atoms with E-state index in [1.165, 1.54) is 11.1 Å². The third kappa shape index (κ3) is 5.73. The van der Waals surface area contributed by atoms with Crippen LogP contribution < -0.4 is 5.32 Å². The second kappa shape index (κ2) is 6.05. The van der Waals surface area contributed by atoms with Crippen LogP contribution in [0.5, 0.6) is 0 Å². The van der Waals surface area contributed by atoms with Crippen LogP contribution in [0.15, 0.2) is 24.3 Å². The predicted octanol–water partition coefficient (Wildman–Crippen LogP) is 3.33. The number of hydrogen-bond donors (Lipinski definition) is 1. The van der Waals surface area contributed by atoms with E-state index in [1.807, 2.05) is 38.1 Å². The summed E-state index contributed by atoms with van der Waals surface area (Å²) in [6.45, 7) is 3.44. The largest absolute Gasteiger partial charge is 0.401 e. The van der Waals surface area contributed by atoms with Crippen molar-refractivity contribution >= 4 is 0 Å². The van der Waals surface area contributed by atoms with Gasteiger partial charge in [-0.05, 0) is 36.9 Å². The van der Waals surface area contributed by atoms with Gasteiger partial charge in [0.1, 0.15) is 0 Å². The minimum atomic E-state index is -4.12. The van der Waals surface area contributed by atoms with Gasteiger partial charge in [0.25, 0.3) is 0 Å². The molecule has 1 N–H and O–H groups in total. The van der Waals surface area contributed by atoms with E-state index in [0.29, 0.717) is 6.54 Å². The second-order valence-corrected chi connectivity index (χ2v) is 4.48. The summed E-state index contributed by atoms with van der Waals surface area (Å²) >= 11 is 0. The third-order valence-corrected chi connectivity index (χ3v) is 2.65. The average Bonchev–Trinajstić information content (AvgIpc) is 2.19. The molecule has 0 amide bonds. The number of nitrogens with one attached hydrogen (secondary N) is 1. The third-order valence-electron chi connectivity index (χ3n) is 2.65. The Morgan fingerprint density at radius 1 is 1.24 bits per heavy atom. The first-order valence-corrected chi connectivity index (χ1v) is 5.70. The molecule has 1 nitrogen and oxygen atoms in total. The molecule has 0 aliphatic rings. The van der Waals surface area contributed by atoms with E-state index >= 15 is 0 Å². The van der Waals surface area contributed by atoms with Gasteiger partial charge in [-0.15, -0.1) is 0 Å². The SMILES string of the molecule is Cc1ccccc1CC(C)CNCC(F)(F)F. The van der Waals surface area contributed by atoms with E-state index in [4.69, 9.17) is 0 Å². The van der Waals surface area contributed by atoms with Gasteiger partial charge in [-0.2, -0.15) is 13.2 Å². The Hall–Kier alpha value is -1.03. The monoisotopic (exact) mass is 245 g/mol. The molecule has 1 aromatic carbocycles. The normalized spacial score (nSPS) is 13.7. The first kappa shape index (κ1) is 14.0. The lowest BCUT2D eigenvalue weighted by Gasteiger charge is -2.15. The molecule has 0 aromatic heterocycles. The Labute approximate surface area is 100 Å². The maximum atomic E-state index is 11.9. The Morgan fingerprint density at radius 2 is 1.88 bits per heavy atom. The molecule has 4 heteroatoms. The number of aryl methyl sites for hydroxylation is 1. The van der Waals surface area contributed by atoms with Crippen LogP contribution in [0, 0.1) is 12.8 Å². The summed E-state index contributed by atoms with van der Waals surface area (Å²) in [4.78, 5) is 0. The number of halogens is 3. The van der Waals surface area contributed by atoms with Crippen molar-refractivity contribution in [3.8, 4) is 0 Å². The lowest BCUT2D eigenvalue weighted by atomic mass is 9.97. The fraction of sp³-hybridized carbons (Fsp3) is 0.538. The number of rotatable bonds is 5. The minimum absolute atomic E-state index is 0.193. The molecule has 0 fully saturated rings.